The molecule has 0 heteroatoms. The molecule has 0 nitrogen and oxygen atoms in total. The summed E-state index contributed by atoms with van der Waals surface area (Å²) in [7, 11) is 0. The summed E-state index contributed by atoms with van der Waals surface area (Å²) in [5.41, 5.74) is 0.667. The summed E-state index contributed by atoms with van der Waals surface area (Å²) in [6, 6.07) is 0. The van der Waals surface area contributed by atoms with Gasteiger partial charge in [0.05, 0.1) is 0 Å². The highest BCUT2D eigenvalue weighted by atomic mass is 14.3. The summed E-state index contributed by atoms with van der Waals surface area (Å²) in [4.78, 5) is 0. The molecule has 0 aromatic carbocycles. The highest BCUT2D eigenvalue weighted by Crippen LogP contribution is 2.33. The van der Waals surface area contributed by atoms with Crippen molar-refractivity contribution in [1.82, 2.24) is 0 Å². The standard InChI is InChI=1S/C9H20.C6H12.C3H8.2C2H6/c1-5-9(6-2,7-3)8-4;1-2-4-6-5-3-1;1-3-2;2*1-2/h5-8H2,1-4H3;1-6H2;3H2,1-2H3;2*1-2H3. The van der Waals surface area contributed by atoms with Crippen LogP contribution in [0.5, 0.6) is 0 Å². The SMILES string of the molecule is C1CCCCC1.CC.CC.CCC.CCC(CC)(CC)CC. The predicted molar refractivity (Wildman–Crippen MR) is 110 cm³/mol. The number of rotatable bonds is 4. The van der Waals surface area contributed by atoms with Crippen LogP contribution >= 0.6 is 0 Å². The molecule has 0 aromatic rings. The molecule has 0 aromatic heterocycles. The molecule has 1 saturated carbocycles. The molecule has 1 fully saturated rings. The molecule has 0 bridgehead atoms. The van der Waals surface area contributed by atoms with E-state index in [1.807, 2.05) is 27.7 Å². The Morgan fingerprint density at radius 3 is 0.636 bits per heavy atom. The van der Waals surface area contributed by atoms with E-state index in [0.29, 0.717) is 5.41 Å². The second kappa shape index (κ2) is 29.1. The van der Waals surface area contributed by atoms with Crippen molar-refractivity contribution in [2.45, 2.75) is 140 Å². The maximum Gasteiger partial charge on any atom is -0.0308 e. The monoisotopic (exact) mass is 316 g/mol. The largest absolute Gasteiger partial charge is 0.0683 e. The normalized spacial score (nSPS) is 12.8. The molecule has 22 heavy (non-hydrogen) atoms. The van der Waals surface area contributed by atoms with E-state index in [1.54, 1.807) is 0 Å². The molecular formula is C22H52. The molecule has 0 amide bonds. The van der Waals surface area contributed by atoms with Crippen molar-refractivity contribution in [3.8, 4) is 0 Å². The van der Waals surface area contributed by atoms with Gasteiger partial charge in [-0.15, -0.1) is 0 Å². The third-order valence-corrected chi connectivity index (χ3v) is 4.50. The van der Waals surface area contributed by atoms with Crippen LogP contribution in [0, 0.1) is 5.41 Å². The van der Waals surface area contributed by atoms with Crippen molar-refractivity contribution in [3.63, 3.8) is 0 Å². The van der Waals surface area contributed by atoms with Crippen molar-refractivity contribution < 1.29 is 0 Å². The Balaban J connectivity index is -0.000000108. The van der Waals surface area contributed by atoms with Crippen LogP contribution in [-0.2, 0) is 0 Å². The zero-order chi connectivity index (χ0) is 18.3. The summed E-state index contributed by atoms with van der Waals surface area (Å²) in [5.74, 6) is 0. The second-order valence-corrected chi connectivity index (χ2v) is 5.74. The second-order valence-electron chi connectivity index (χ2n) is 5.74. The Labute approximate surface area is 145 Å². The van der Waals surface area contributed by atoms with E-state index < -0.39 is 0 Å². The molecule has 1 aliphatic rings. The fraction of sp³-hybridized carbons (Fsp3) is 1.00. The van der Waals surface area contributed by atoms with E-state index in [2.05, 4.69) is 41.5 Å². The van der Waals surface area contributed by atoms with Gasteiger partial charge >= 0.3 is 0 Å². The lowest BCUT2D eigenvalue weighted by molar-refractivity contribution is 0.240. The maximum absolute atomic E-state index is 2.30. The lowest BCUT2D eigenvalue weighted by atomic mass is 9.78. The van der Waals surface area contributed by atoms with Gasteiger partial charge in [0.2, 0.25) is 0 Å². The van der Waals surface area contributed by atoms with E-state index >= 15 is 0 Å². The third kappa shape index (κ3) is 22.3. The van der Waals surface area contributed by atoms with Crippen LogP contribution in [0.15, 0.2) is 0 Å². The van der Waals surface area contributed by atoms with Gasteiger partial charge in [-0.1, -0.05) is 140 Å². The van der Waals surface area contributed by atoms with Gasteiger partial charge in [-0.05, 0) is 5.41 Å². The van der Waals surface area contributed by atoms with Gasteiger partial charge in [-0.25, -0.2) is 0 Å². The van der Waals surface area contributed by atoms with Gasteiger partial charge < -0.3 is 0 Å². The molecule has 1 aliphatic carbocycles. The molecule has 0 heterocycles. The molecule has 0 saturated heterocycles. The summed E-state index contributed by atoms with van der Waals surface area (Å²) < 4.78 is 0. The summed E-state index contributed by atoms with van der Waals surface area (Å²) in [6.07, 6.45) is 15.6. The Kier molecular flexibility index (Phi) is 39.6. The van der Waals surface area contributed by atoms with E-state index in [0.717, 1.165) is 0 Å². The number of hydrogen-bond donors (Lipinski definition) is 0. The molecule has 0 atom stereocenters. The zero-order valence-corrected chi connectivity index (χ0v) is 18.3. The van der Waals surface area contributed by atoms with Crippen LogP contribution in [-0.4, -0.2) is 0 Å². The molecule has 0 unspecified atom stereocenters. The van der Waals surface area contributed by atoms with E-state index in [4.69, 9.17) is 0 Å². The quantitative estimate of drug-likeness (QED) is 0.484. The average Bonchev–Trinajstić information content (AvgIpc) is 2.64. The zero-order valence-electron chi connectivity index (χ0n) is 18.3. The van der Waals surface area contributed by atoms with Crippen LogP contribution in [0.1, 0.15) is 140 Å². The summed E-state index contributed by atoms with van der Waals surface area (Å²) in [6.45, 7) is 21.5. The molecule has 0 N–H and O–H groups in total. The highest BCUT2D eigenvalue weighted by molar-refractivity contribution is 4.72. The van der Waals surface area contributed by atoms with E-state index in [-0.39, 0.29) is 0 Å². The lowest BCUT2D eigenvalue weighted by Crippen LogP contribution is -2.15. The summed E-state index contributed by atoms with van der Waals surface area (Å²) in [5, 5.41) is 0. The Morgan fingerprint density at radius 1 is 0.455 bits per heavy atom. The minimum atomic E-state index is 0.667. The summed E-state index contributed by atoms with van der Waals surface area (Å²) >= 11 is 0. The third-order valence-electron chi connectivity index (χ3n) is 4.50. The Morgan fingerprint density at radius 2 is 0.591 bits per heavy atom. The van der Waals surface area contributed by atoms with Crippen LogP contribution < -0.4 is 0 Å². The van der Waals surface area contributed by atoms with Crippen molar-refractivity contribution >= 4 is 0 Å². The first-order valence-corrected chi connectivity index (χ1v) is 10.7. The first kappa shape index (κ1) is 29.9. The molecule has 0 spiro atoms. The first-order chi connectivity index (χ1) is 10.7. The lowest BCUT2D eigenvalue weighted by Gasteiger charge is -2.28. The van der Waals surface area contributed by atoms with Crippen molar-refractivity contribution in [1.29, 1.82) is 0 Å². The number of hydrogen-bond acceptors (Lipinski definition) is 0. The molecular weight excluding hydrogens is 264 g/mol. The van der Waals surface area contributed by atoms with Crippen molar-refractivity contribution in [3.05, 3.63) is 0 Å². The fourth-order valence-corrected chi connectivity index (χ4v) is 2.56. The van der Waals surface area contributed by atoms with Crippen molar-refractivity contribution in [2.24, 2.45) is 5.41 Å². The fourth-order valence-electron chi connectivity index (χ4n) is 2.56. The highest BCUT2D eigenvalue weighted by Gasteiger charge is 2.20. The van der Waals surface area contributed by atoms with Crippen molar-refractivity contribution in [2.75, 3.05) is 0 Å². The van der Waals surface area contributed by atoms with Gasteiger partial charge in [0, 0.05) is 0 Å². The van der Waals surface area contributed by atoms with E-state index in [9.17, 15) is 0 Å². The smallest absolute Gasteiger partial charge is 0.0308 e. The first-order valence-electron chi connectivity index (χ1n) is 10.7. The van der Waals surface area contributed by atoms with Gasteiger partial charge in [0.25, 0.3) is 0 Å². The van der Waals surface area contributed by atoms with Crippen LogP contribution in [0.4, 0.5) is 0 Å². The maximum atomic E-state index is 2.30. The minimum absolute atomic E-state index is 0.667. The minimum Gasteiger partial charge on any atom is -0.0683 e. The van der Waals surface area contributed by atoms with Gasteiger partial charge in [-0.2, -0.15) is 0 Å². The van der Waals surface area contributed by atoms with Crippen LogP contribution in [0.2, 0.25) is 0 Å². The Bertz CT molecular complexity index is 100.0. The topological polar surface area (TPSA) is 0 Å². The predicted octanol–water partition coefficient (Wildman–Crippen LogP) is 9.42. The van der Waals surface area contributed by atoms with Gasteiger partial charge in [-0.3, -0.25) is 0 Å². The molecule has 0 radical (unpaired) electrons. The van der Waals surface area contributed by atoms with Crippen LogP contribution in [0.3, 0.4) is 0 Å². The Hall–Kier alpha value is 0. The van der Waals surface area contributed by atoms with E-state index in [1.165, 1.54) is 70.6 Å². The molecule has 0 aliphatic heterocycles. The van der Waals surface area contributed by atoms with Gasteiger partial charge in [0.15, 0.2) is 0 Å². The molecule has 140 valence electrons. The molecule has 1 rings (SSSR count). The average molecular weight is 317 g/mol. The van der Waals surface area contributed by atoms with Crippen LogP contribution in [0.25, 0.3) is 0 Å². The van der Waals surface area contributed by atoms with Gasteiger partial charge in [0.1, 0.15) is 0 Å².